The van der Waals surface area contributed by atoms with Gasteiger partial charge in [-0.15, -0.1) is 0 Å². The molecule has 0 bridgehead atoms. The summed E-state index contributed by atoms with van der Waals surface area (Å²) in [6, 6.07) is 7.39. The molecule has 1 atom stereocenters. The maximum absolute atomic E-state index is 13.4. The topological polar surface area (TPSA) is 21.3 Å². The van der Waals surface area contributed by atoms with Gasteiger partial charge >= 0.3 is 0 Å². The standard InChI is InChI=1S/C17H26FNO/c1-17(2,3)9-10-20-16(12-19-15-7-8-15)13-5-4-6-14(18)11-13/h4-6,11,15-16,19H,7-10,12H2,1-3H3. The predicted molar refractivity (Wildman–Crippen MR) is 80.2 cm³/mol. The SMILES string of the molecule is CC(C)(C)CCOC(CNC1CC1)c1cccc(F)c1. The van der Waals surface area contributed by atoms with Crippen LogP contribution in [0.2, 0.25) is 0 Å². The lowest BCUT2D eigenvalue weighted by atomic mass is 9.93. The summed E-state index contributed by atoms with van der Waals surface area (Å²) in [6.07, 6.45) is 3.44. The van der Waals surface area contributed by atoms with Crippen molar-refractivity contribution in [2.45, 2.75) is 52.2 Å². The van der Waals surface area contributed by atoms with Crippen molar-refractivity contribution >= 4 is 0 Å². The average molecular weight is 279 g/mol. The molecule has 1 aromatic carbocycles. The van der Waals surface area contributed by atoms with E-state index in [9.17, 15) is 4.39 Å². The molecule has 0 amide bonds. The van der Waals surface area contributed by atoms with Gasteiger partial charge in [0.15, 0.2) is 0 Å². The molecular weight excluding hydrogens is 253 g/mol. The highest BCUT2D eigenvalue weighted by Gasteiger charge is 2.23. The molecule has 1 unspecified atom stereocenters. The molecule has 0 aliphatic heterocycles. The summed E-state index contributed by atoms with van der Waals surface area (Å²) >= 11 is 0. The Hall–Kier alpha value is -0.930. The van der Waals surface area contributed by atoms with E-state index in [1.54, 1.807) is 12.1 Å². The highest BCUT2D eigenvalue weighted by molar-refractivity contribution is 5.19. The van der Waals surface area contributed by atoms with Crippen LogP contribution in [0.4, 0.5) is 4.39 Å². The maximum atomic E-state index is 13.4. The lowest BCUT2D eigenvalue weighted by Crippen LogP contribution is -2.26. The zero-order valence-corrected chi connectivity index (χ0v) is 12.8. The first-order chi connectivity index (χ1) is 9.44. The molecule has 1 aliphatic rings. The van der Waals surface area contributed by atoms with Crippen molar-refractivity contribution in [2.75, 3.05) is 13.2 Å². The normalized spacial score (nSPS) is 17.2. The molecule has 0 saturated heterocycles. The van der Waals surface area contributed by atoms with E-state index < -0.39 is 0 Å². The molecule has 0 aromatic heterocycles. The summed E-state index contributed by atoms with van der Waals surface area (Å²) in [7, 11) is 0. The Morgan fingerprint density at radius 1 is 1.35 bits per heavy atom. The molecule has 1 saturated carbocycles. The summed E-state index contributed by atoms with van der Waals surface area (Å²) in [5.74, 6) is -0.196. The Kier molecular flexibility index (Phi) is 5.17. The number of nitrogens with one attached hydrogen (secondary N) is 1. The minimum Gasteiger partial charge on any atom is -0.372 e. The van der Waals surface area contributed by atoms with E-state index in [-0.39, 0.29) is 17.3 Å². The lowest BCUT2D eigenvalue weighted by Gasteiger charge is -2.23. The zero-order chi connectivity index (χ0) is 14.6. The Morgan fingerprint density at radius 2 is 2.10 bits per heavy atom. The quantitative estimate of drug-likeness (QED) is 0.812. The Labute approximate surface area is 121 Å². The van der Waals surface area contributed by atoms with Crippen LogP contribution in [0.5, 0.6) is 0 Å². The molecule has 0 spiro atoms. The van der Waals surface area contributed by atoms with Crippen LogP contribution < -0.4 is 5.32 Å². The van der Waals surface area contributed by atoms with Crippen molar-refractivity contribution in [1.82, 2.24) is 5.32 Å². The number of benzene rings is 1. The third kappa shape index (κ3) is 5.59. The molecule has 1 fully saturated rings. The van der Waals surface area contributed by atoms with Crippen molar-refractivity contribution in [3.63, 3.8) is 0 Å². The highest BCUT2D eigenvalue weighted by Crippen LogP contribution is 2.24. The molecule has 1 aliphatic carbocycles. The third-order valence-corrected chi connectivity index (χ3v) is 3.56. The van der Waals surface area contributed by atoms with Crippen LogP contribution in [-0.2, 0) is 4.74 Å². The van der Waals surface area contributed by atoms with Crippen molar-refractivity contribution in [3.8, 4) is 0 Å². The fraction of sp³-hybridized carbons (Fsp3) is 0.647. The molecule has 0 heterocycles. The Bertz CT molecular complexity index is 423. The molecule has 112 valence electrons. The van der Waals surface area contributed by atoms with Gasteiger partial charge in [0.1, 0.15) is 5.82 Å². The smallest absolute Gasteiger partial charge is 0.123 e. The first-order valence-corrected chi connectivity index (χ1v) is 7.54. The molecular formula is C17H26FNO. The molecule has 2 rings (SSSR count). The van der Waals surface area contributed by atoms with Crippen molar-refractivity contribution < 1.29 is 9.13 Å². The number of rotatable bonds is 7. The minimum absolute atomic E-state index is 0.0614. The van der Waals surface area contributed by atoms with Crippen molar-refractivity contribution in [3.05, 3.63) is 35.6 Å². The second-order valence-electron chi connectivity index (χ2n) is 6.91. The van der Waals surface area contributed by atoms with Crippen molar-refractivity contribution in [2.24, 2.45) is 5.41 Å². The number of halogens is 1. The van der Waals surface area contributed by atoms with Gasteiger partial charge < -0.3 is 10.1 Å². The molecule has 1 N–H and O–H groups in total. The van der Waals surface area contributed by atoms with Gasteiger partial charge in [0.2, 0.25) is 0 Å². The first kappa shape index (κ1) is 15.5. The average Bonchev–Trinajstić information content (AvgIpc) is 3.16. The van der Waals surface area contributed by atoms with E-state index in [4.69, 9.17) is 4.74 Å². The van der Waals surface area contributed by atoms with Crippen LogP contribution in [-0.4, -0.2) is 19.2 Å². The Balaban J connectivity index is 1.92. The summed E-state index contributed by atoms with van der Waals surface area (Å²) in [6.45, 7) is 8.08. The largest absolute Gasteiger partial charge is 0.372 e. The van der Waals surface area contributed by atoms with Crippen LogP contribution in [0.1, 0.15) is 51.7 Å². The first-order valence-electron chi connectivity index (χ1n) is 7.54. The number of hydrogen-bond acceptors (Lipinski definition) is 2. The second kappa shape index (κ2) is 6.68. The zero-order valence-electron chi connectivity index (χ0n) is 12.8. The number of ether oxygens (including phenoxy) is 1. The van der Waals surface area contributed by atoms with E-state index in [1.165, 1.54) is 18.9 Å². The minimum atomic E-state index is -0.196. The third-order valence-electron chi connectivity index (χ3n) is 3.56. The highest BCUT2D eigenvalue weighted by atomic mass is 19.1. The van der Waals surface area contributed by atoms with E-state index >= 15 is 0 Å². The van der Waals surface area contributed by atoms with Crippen LogP contribution >= 0.6 is 0 Å². The van der Waals surface area contributed by atoms with E-state index in [1.807, 2.05) is 6.07 Å². The van der Waals surface area contributed by atoms with E-state index in [2.05, 4.69) is 26.1 Å². The monoisotopic (exact) mass is 279 g/mol. The van der Waals surface area contributed by atoms with Crippen LogP contribution in [0.25, 0.3) is 0 Å². The summed E-state index contributed by atoms with van der Waals surface area (Å²) in [5, 5.41) is 3.47. The summed E-state index contributed by atoms with van der Waals surface area (Å²) in [5.41, 5.74) is 1.18. The molecule has 20 heavy (non-hydrogen) atoms. The fourth-order valence-electron chi connectivity index (χ4n) is 2.05. The van der Waals surface area contributed by atoms with E-state index in [0.717, 1.165) is 18.5 Å². The van der Waals surface area contributed by atoms with Gasteiger partial charge in [-0.05, 0) is 42.4 Å². The van der Waals surface area contributed by atoms with Gasteiger partial charge in [-0.3, -0.25) is 0 Å². The molecule has 2 nitrogen and oxygen atoms in total. The van der Waals surface area contributed by atoms with Crippen LogP contribution in [0, 0.1) is 11.2 Å². The van der Waals surface area contributed by atoms with Gasteiger partial charge in [-0.25, -0.2) is 4.39 Å². The van der Waals surface area contributed by atoms with E-state index in [0.29, 0.717) is 12.6 Å². The van der Waals surface area contributed by atoms with Crippen LogP contribution in [0.15, 0.2) is 24.3 Å². The summed E-state index contributed by atoms with van der Waals surface area (Å²) in [4.78, 5) is 0. The fourth-order valence-corrected chi connectivity index (χ4v) is 2.05. The molecule has 3 heteroatoms. The summed E-state index contributed by atoms with van der Waals surface area (Å²) < 4.78 is 19.4. The molecule has 0 radical (unpaired) electrons. The van der Waals surface area contributed by atoms with Gasteiger partial charge in [0, 0.05) is 19.2 Å². The van der Waals surface area contributed by atoms with Gasteiger partial charge in [0.05, 0.1) is 6.10 Å². The number of hydrogen-bond donors (Lipinski definition) is 1. The predicted octanol–water partition coefficient (Wildman–Crippen LogP) is 4.07. The van der Waals surface area contributed by atoms with Gasteiger partial charge in [0.25, 0.3) is 0 Å². The second-order valence-corrected chi connectivity index (χ2v) is 6.91. The van der Waals surface area contributed by atoms with Crippen LogP contribution in [0.3, 0.4) is 0 Å². The Morgan fingerprint density at radius 3 is 2.70 bits per heavy atom. The molecule has 1 aromatic rings. The van der Waals surface area contributed by atoms with Gasteiger partial charge in [-0.2, -0.15) is 0 Å². The van der Waals surface area contributed by atoms with Gasteiger partial charge in [-0.1, -0.05) is 32.9 Å². The lowest BCUT2D eigenvalue weighted by molar-refractivity contribution is 0.0365. The van der Waals surface area contributed by atoms with Crippen molar-refractivity contribution in [1.29, 1.82) is 0 Å². The maximum Gasteiger partial charge on any atom is 0.123 e.